The van der Waals surface area contributed by atoms with E-state index in [-0.39, 0.29) is 0 Å². The zero-order valence-corrected chi connectivity index (χ0v) is 20.1. The number of hydrogen-bond acceptors (Lipinski definition) is 3. The van der Waals surface area contributed by atoms with Crippen LogP contribution >= 0.6 is 63.0 Å². The first kappa shape index (κ1) is 22.4. The first-order chi connectivity index (χ1) is 13.8. The van der Waals surface area contributed by atoms with E-state index in [0.717, 1.165) is 22.2 Å². The number of nitrogens with one attached hydrogen (secondary N) is 2. The van der Waals surface area contributed by atoms with Crippen molar-refractivity contribution in [2.24, 2.45) is 0 Å². The molecule has 11 heteroatoms. The van der Waals surface area contributed by atoms with E-state index in [4.69, 9.17) is 47.0 Å². The number of aromatic nitrogens is 4. The normalized spacial score (nSPS) is 10.9. The standard InChI is InChI=1S/C18H18BrCl3N6S/c1-11-15(21)16(22)28(25-11)8-4-7-23-18(29)24-17-13(19)10-27(26-17)9-12-5-2-3-6-14(12)20/h2-3,5-6,10H,4,7-9H2,1H3,(H2,23,24,26,29). The van der Waals surface area contributed by atoms with Crippen LogP contribution in [0.1, 0.15) is 17.7 Å². The molecule has 0 aliphatic heterocycles. The molecule has 0 bridgehead atoms. The van der Waals surface area contributed by atoms with E-state index >= 15 is 0 Å². The van der Waals surface area contributed by atoms with Crippen molar-refractivity contribution < 1.29 is 0 Å². The minimum Gasteiger partial charge on any atom is -0.362 e. The summed E-state index contributed by atoms with van der Waals surface area (Å²) in [6.45, 7) is 3.67. The number of nitrogens with zero attached hydrogens (tertiary/aromatic N) is 4. The van der Waals surface area contributed by atoms with E-state index in [2.05, 4.69) is 36.8 Å². The van der Waals surface area contributed by atoms with Crippen molar-refractivity contribution in [2.75, 3.05) is 11.9 Å². The predicted molar refractivity (Wildman–Crippen MR) is 126 cm³/mol. The first-order valence-corrected chi connectivity index (χ1v) is 11.1. The third kappa shape index (κ3) is 5.86. The molecule has 0 aliphatic rings. The third-order valence-electron chi connectivity index (χ3n) is 4.07. The highest BCUT2D eigenvalue weighted by Crippen LogP contribution is 2.25. The highest BCUT2D eigenvalue weighted by Gasteiger charge is 2.11. The molecular formula is C18H18BrCl3N6S. The van der Waals surface area contributed by atoms with Gasteiger partial charge in [0.15, 0.2) is 10.9 Å². The van der Waals surface area contributed by atoms with Crippen LogP contribution in [0.3, 0.4) is 0 Å². The fourth-order valence-electron chi connectivity index (χ4n) is 2.63. The van der Waals surface area contributed by atoms with Gasteiger partial charge in [-0.3, -0.25) is 9.36 Å². The molecule has 0 radical (unpaired) electrons. The Kier molecular flexibility index (Phi) is 7.81. The molecule has 0 fully saturated rings. The number of anilines is 1. The lowest BCUT2D eigenvalue weighted by molar-refractivity contribution is 0.571. The topological polar surface area (TPSA) is 59.7 Å². The quantitative estimate of drug-likeness (QED) is 0.307. The number of aryl methyl sites for hydroxylation is 2. The lowest BCUT2D eigenvalue weighted by Crippen LogP contribution is -2.30. The Morgan fingerprint density at radius 2 is 1.97 bits per heavy atom. The number of hydrogen-bond donors (Lipinski definition) is 2. The Morgan fingerprint density at radius 3 is 2.66 bits per heavy atom. The summed E-state index contributed by atoms with van der Waals surface area (Å²) in [7, 11) is 0. The van der Waals surface area contributed by atoms with Crippen molar-refractivity contribution in [3.05, 3.63) is 61.4 Å². The van der Waals surface area contributed by atoms with Gasteiger partial charge in [0.25, 0.3) is 0 Å². The molecule has 3 aromatic rings. The molecule has 0 saturated carbocycles. The van der Waals surface area contributed by atoms with Crippen molar-refractivity contribution in [1.82, 2.24) is 24.9 Å². The van der Waals surface area contributed by atoms with Gasteiger partial charge in [-0.15, -0.1) is 0 Å². The van der Waals surface area contributed by atoms with Crippen LogP contribution in [0, 0.1) is 6.92 Å². The average Bonchev–Trinajstić information content (AvgIpc) is 3.14. The summed E-state index contributed by atoms with van der Waals surface area (Å²) in [6, 6.07) is 7.68. The lowest BCUT2D eigenvalue weighted by atomic mass is 10.2. The number of thiocarbonyl (C=S) groups is 1. The molecule has 3 rings (SSSR count). The summed E-state index contributed by atoms with van der Waals surface area (Å²) >= 11 is 27.3. The van der Waals surface area contributed by atoms with Crippen LogP contribution < -0.4 is 10.6 Å². The molecule has 0 saturated heterocycles. The van der Waals surface area contributed by atoms with Gasteiger partial charge in [0.2, 0.25) is 0 Å². The molecule has 0 aliphatic carbocycles. The van der Waals surface area contributed by atoms with E-state index in [0.29, 0.717) is 45.8 Å². The van der Waals surface area contributed by atoms with Crippen LogP contribution in [0.25, 0.3) is 0 Å². The highest BCUT2D eigenvalue weighted by atomic mass is 79.9. The number of rotatable bonds is 7. The van der Waals surface area contributed by atoms with Crippen molar-refractivity contribution >= 4 is 73.9 Å². The van der Waals surface area contributed by atoms with E-state index in [1.165, 1.54) is 0 Å². The Balaban J connectivity index is 1.48. The van der Waals surface area contributed by atoms with Gasteiger partial charge in [-0.1, -0.05) is 53.0 Å². The summed E-state index contributed by atoms with van der Waals surface area (Å²) in [5, 5.41) is 17.2. The largest absolute Gasteiger partial charge is 0.362 e. The molecule has 6 nitrogen and oxygen atoms in total. The average molecular weight is 537 g/mol. The maximum atomic E-state index is 6.22. The summed E-state index contributed by atoms with van der Waals surface area (Å²) in [5.74, 6) is 0.632. The van der Waals surface area contributed by atoms with Crippen LogP contribution in [0.5, 0.6) is 0 Å². The van der Waals surface area contributed by atoms with Gasteiger partial charge in [-0.05, 0) is 53.1 Å². The van der Waals surface area contributed by atoms with Gasteiger partial charge in [0.1, 0.15) is 10.2 Å². The van der Waals surface area contributed by atoms with E-state index < -0.39 is 0 Å². The maximum absolute atomic E-state index is 6.22. The van der Waals surface area contributed by atoms with Gasteiger partial charge >= 0.3 is 0 Å². The van der Waals surface area contributed by atoms with Gasteiger partial charge in [0, 0.05) is 24.3 Å². The Hall–Kier alpha value is -1.32. The molecule has 0 spiro atoms. The minimum absolute atomic E-state index is 0.456. The second kappa shape index (κ2) is 10.1. The fraction of sp³-hybridized carbons (Fsp3) is 0.278. The lowest BCUT2D eigenvalue weighted by Gasteiger charge is -2.09. The molecule has 0 unspecified atom stereocenters. The molecule has 0 amide bonds. The predicted octanol–water partition coefficient (Wildman–Crippen LogP) is 5.54. The molecule has 2 heterocycles. The van der Waals surface area contributed by atoms with Crippen LogP contribution in [-0.2, 0) is 13.1 Å². The van der Waals surface area contributed by atoms with Crippen molar-refractivity contribution in [2.45, 2.75) is 26.4 Å². The van der Waals surface area contributed by atoms with Crippen molar-refractivity contribution in [3.63, 3.8) is 0 Å². The van der Waals surface area contributed by atoms with Gasteiger partial charge in [0.05, 0.1) is 16.7 Å². The zero-order chi connectivity index (χ0) is 21.0. The highest BCUT2D eigenvalue weighted by molar-refractivity contribution is 9.10. The minimum atomic E-state index is 0.456. The Morgan fingerprint density at radius 1 is 1.21 bits per heavy atom. The van der Waals surface area contributed by atoms with Gasteiger partial charge in [-0.25, -0.2) is 0 Å². The SMILES string of the molecule is Cc1nn(CCCNC(=S)Nc2nn(Cc3ccccc3Cl)cc2Br)c(Cl)c1Cl. The maximum Gasteiger partial charge on any atom is 0.172 e. The van der Waals surface area contributed by atoms with E-state index in [1.807, 2.05) is 37.4 Å². The van der Waals surface area contributed by atoms with E-state index in [9.17, 15) is 0 Å². The first-order valence-electron chi connectivity index (χ1n) is 8.74. The monoisotopic (exact) mass is 534 g/mol. The molecule has 0 atom stereocenters. The van der Waals surface area contributed by atoms with Crippen LogP contribution in [0.15, 0.2) is 34.9 Å². The summed E-state index contributed by atoms with van der Waals surface area (Å²) < 4.78 is 4.29. The Bertz CT molecular complexity index is 1020. The summed E-state index contributed by atoms with van der Waals surface area (Å²) in [6.07, 6.45) is 2.65. The zero-order valence-electron chi connectivity index (χ0n) is 15.4. The van der Waals surface area contributed by atoms with E-state index in [1.54, 1.807) is 9.36 Å². The van der Waals surface area contributed by atoms with Crippen molar-refractivity contribution in [3.8, 4) is 0 Å². The molecule has 2 aromatic heterocycles. The molecule has 2 N–H and O–H groups in total. The summed E-state index contributed by atoms with van der Waals surface area (Å²) in [5.41, 5.74) is 1.71. The number of halogens is 4. The summed E-state index contributed by atoms with van der Waals surface area (Å²) in [4.78, 5) is 0. The fourth-order valence-corrected chi connectivity index (χ4v) is 3.83. The van der Waals surface area contributed by atoms with Crippen LogP contribution in [0.4, 0.5) is 5.82 Å². The molecule has 29 heavy (non-hydrogen) atoms. The second-order valence-corrected chi connectivity index (χ2v) is 8.67. The van der Waals surface area contributed by atoms with Crippen LogP contribution in [-0.4, -0.2) is 31.2 Å². The molecular weight excluding hydrogens is 519 g/mol. The Labute approximate surface area is 197 Å². The smallest absolute Gasteiger partial charge is 0.172 e. The number of benzene rings is 1. The third-order valence-corrected chi connectivity index (χ3v) is 6.20. The molecule has 1 aromatic carbocycles. The van der Waals surface area contributed by atoms with Gasteiger partial charge < -0.3 is 10.6 Å². The molecule has 154 valence electrons. The van der Waals surface area contributed by atoms with Crippen LogP contribution in [0.2, 0.25) is 15.2 Å². The van der Waals surface area contributed by atoms with Gasteiger partial charge in [-0.2, -0.15) is 10.2 Å². The second-order valence-electron chi connectivity index (χ2n) is 6.26. The van der Waals surface area contributed by atoms with Crippen molar-refractivity contribution in [1.29, 1.82) is 0 Å².